The molecule has 9 heteroatoms. The lowest BCUT2D eigenvalue weighted by molar-refractivity contribution is 0.0936. The van der Waals surface area contributed by atoms with Crippen molar-refractivity contribution >= 4 is 26.7 Å². The third-order valence-corrected chi connectivity index (χ3v) is 7.86. The molecule has 0 spiro atoms. The maximum atomic E-state index is 14.7. The van der Waals surface area contributed by atoms with Crippen LogP contribution in [0.2, 0.25) is 0 Å². The molecular weight excluding hydrogens is 433 g/mol. The van der Waals surface area contributed by atoms with Crippen LogP contribution in [0.4, 0.5) is 4.39 Å². The van der Waals surface area contributed by atoms with E-state index in [1.54, 1.807) is 22.9 Å². The standard InChI is InChI=1S/C23H26FN3O4S/c1-5-31-16-6-7-18(24)17(9-16)21-22-19(27(26-21)14(2)3)8-15(11-25-22)20(28)10-23(4)12-32(29,30)13-23/h6-9,11,14H,5,10,12-13H2,1-4H3. The normalized spacial score (nSPS) is 16.8. The number of carbonyl (C=O) groups excluding carboxylic acids is 1. The van der Waals surface area contributed by atoms with Crippen LogP contribution in [-0.2, 0) is 9.84 Å². The monoisotopic (exact) mass is 459 g/mol. The molecule has 32 heavy (non-hydrogen) atoms. The summed E-state index contributed by atoms with van der Waals surface area (Å²) in [6.45, 7) is 8.00. The summed E-state index contributed by atoms with van der Waals surface area (Å²) in [5.41, 5.74) is 1.61. The first-order chi connectivity index (χ1) is 15.0. The molecule has 4 rings (SSSR count). The Balaban J connectivity index is 1.75. The lowest BCUT2D eigenvalue weighted by Gasteiger charge is -2.37. The molecule has 0 radical (unpaired) electrons. The predicted octanol–water partition coefficient (Wildman–Crippen LogP) is 4.22. The molecule has 1 fully saturated rings. The van der Waals surface area contributed by atoms with Crippen LogP contribution in [0.25, 0.3) is 22.3 Å². The van der Waals surface area contributed by atoms with E-state index in [2.05, 4.69) is 10.1 Å². The SMILES string of the molecule is CCOc1ccc(F)c(-c2nn(C(C)C)c3cc(C(=O)CC4(C)CS(=O)(=O)C4)cnc23)c1. The summed E-state index contributed by atoms with van der Waals surface area (Å²) in [4.78, 5) is 17.4. The van der Waals surface area contributed by atoms with Crippen molar-refractivity contribution in [1.29, 1.82) is 0 Å². The smallest absolute Gasteiger partial charge is 0.165 e. The van der Waals surface area contributed by atoms with Gasteiger partial charge in [0.1, 0.15) is 22.8 Å². The van der Waals surface area contributed by atoms with Crippen LogP contribution in [0, 0.1) is 11.2 Å². The number of ether oxygens (including phenoxy) is 1. The number of aromatic nitrogens is 3. The Kier molecular flexibility index (Phi) is 5.56. The molecule has 1 aromatic carbocycles. The highest BCUT2D eigenvalue weighted by Crippen LogP contribution is 2.37. The van der Waals surface area contributed by atoms with Crippen molar-refractivity contribution in [3.05, 3.63) is 41.8 Å². The minimum Gasteiger partial charge on any atom is -0.494 e. The Labute approximate surface area is 186 Å². The lowest BCUT2D eigenvalue weighted by Crippen LogP contribution is -2.47. The van der Waals surface area contributed by atoms with Gasteiger partial charge in [-0.05, 0) is 45.0 Å². The molecule has 170 valence electrons. The first-order valence-electron chi connectivity index (χ1n) is 10.6. The minimum absolute atomic E-state index is 0.0188. The van der Waals surface area contributed by atoms with Gasteiger partial charge in [-0.25, -0.2) is 12.8 Å². The van der Waals surface area contributed by atoms with Gasteiger partial charge in [0.05, 0.1) is 23.6 Å². The number of pyridine rings is 1. The zero-order valence-electron chi connectivity index (χ0n) is 18.6. The maximum Gasteiger partial charge on any atom is 0.165 e. The second kappa shape index (κ2) is 7.95. The maximum absolute atomic E-state index is 14.7. The van der Waals surface area contributed by atoms with Crippen LogP contribution in [-0.4, -0.2) is 47.1 Å². The average molecular weight is 460 g/mol. The van der Waals surface area contributed by atoms with E-state index < -0.39 is 21.1 Å². The number of fused-ring (bicyclic) bond motifs is 1. The number of carbonyl (C=O) groups is 1. The van der Waals surface area contributed by atoms with E-state index in [-0.39, 0.29) is 35.3 Å². The van der Waals surface area contributed by atoms with Crippen molar-refractivity contribution in [1.82, 2.24) is 14.8 Å². The number of Topliss-reactive ketones (excluding diaryl/α,β-unsaturated/α-hetero) is 1. The fourth-order valence-electron chi connectivity index (χ4n) is 4.30. The third-order valence-electron chi connectivity index (χ3n) is 5.59. The summed E-state index contributed by atoms with van der Waals surface area (Å²) in [6.07, 6.45) is 1.59. The van der Waals surface area contributed by atoms with Crippen molar-refractivity contribution < 1.29 is 22.3 Å². The molecule has 1 aliphatic rings. The van der Waals surface area contributed by atoms with Gasteiger partial charge in [0.2, 0.25) is 0 Å². The highest BCUT2D eigenvalue weighted by molar-refractivity contribution is 7.92. The van der Waals surface area contributed by atoms with E-state index in [0.717, 1.165) is 0 Å². The average Bonchev–Trinajstić information content (AvgIpc) is 3.06. The third kappa shape index (κ3) is 4.13. The summed E-state index contributed by atoms with van der Waals surface area (Å²) in [5, 5.41) is 4.61. The van der Waals surface area contributed by atoms with Crippen LogP contribution in [0.3, 0.4) is 0 Å². The second-order valence-corrected chi connectivity index (χ2v) is 11.1. The predicted molar refractivity (Wildman–Crippen MR) is 120 cm³/mol. The first kappa shape index (κ1) is 22.4. The Morgan fingerprint density at radius 3 is 2.62 bits per heavy atom. The summed E-state index contributed by atoms with van der Waals surface area (Å²) in [5.74, 6) is -0.0357. The van der Waals surface area contributed by atoms with Crippen molar-refractivity contribution in [3.63, 3.8) is 0 Å². The molecule has 2 aromatic heterocycles. The minimum atomic E-state index is -3.04. The van der Waals surface area contributed by atoms with Crippen molar-refractivity contribution in [2.24, 2.45) is 5.41 Å². The van der Waals surface area contributed by atoms with Crippen LogP contribution >= 0.6 is 0 Å². The topological polar surface area (TPSA) is 91.2 Å². The summed E-state index contributed by atoms with van der Waals surface area (Å²) < 4.78 is 45.1. The fraction of sp³-hybridized carbons (Fsp3) is 0.435. The number of hydrogen-bond donors (Lipinski definition) is 0. The molecule has 7 nitrogen and oxygen atoms in total. The molecule has 0 bridgehead atoms. The molecule has 0 amide bonds. The highest BCUT2D eigenvalue weighted by atomic mass is 32.2. The summed E-state index contributed by atoms with van der Waals surface area (Å²) >= 11 is 0. The van der Waals surface area contributed by atoms with Gasteiger partial charge in [-0.2, -0.15) is 5.10 Å². The molecule has 0 saturated carbocycles. The number of rotatable bonds is 7. The van der Waals surface area contributed by atoms with Gasteiger partial charge in [0.25, 0.3) is 0 Å². The molecule has 1 saturated heterocycles. The van der Waals surface area contributed by atoms with Gasteiger partial charge in [-0.3, -0.25) is 14.5 Å². The molecule has 0 atom stereocenters. The van der Waals surface area contributed by atoms with Gasteiger partial charge < -0.3 is 4.74 Å². The Morgan fingerprint density at radius 1 is 1.28 bits per heavy atom. The molecule has 3 heterocycles. The molecule has 0 N–H and O–H groups in total. The number of halogens is 1. The quantitative estimate of drug-likeness (QED) is 0.491. The Hall–Kier alpha value is -2.81. The molecular formula is C23H26FN3O4S. The van der Waals surface area contributed by atoms with Crippen molar-refractivity contribution in [3.8, 4) is 17.0 Å². The van der Waals surface area contributed by atoms with Gasteiger partial charge >= 0.3 is 0 Å². The summed E-state index contributed by atoms with van der Waals surface area (Å²) in [7, 11) is -3.04. The van der Waals surface area contributed by atoms with Gasteiger partial charge in [-0.15, -0.1) is 0 Å². The molecule has 1 aliphatic heterocycles. The van der Waals surface area contributed by atoms with Gasteiger partial charge in [0.15, 0.2) is 15.6 Å². The number of hydrogen-bond acceptors (Lipinski definition) is 6. The van der Waals surface area contributed by atoms with Crippen LogP contribution < -0.4 is 4.74 Å². The van der Waals surface area contributed by atoms with E-state index in [0.29, 0.717) is 34.6 Å². The fourth-order valence-corrected chi connectivity index (χ4v) is 6.54. The van der Waals surface area contributed by atoms with Crippen LogP contribution in [0.1, 0.15) is 50.5 Å². The second-order valence-electron chi connectivity index (χ2n) is 9.00. The van der Waals surface area contributed by atoms with Gasteiger partial charge in [0, 0.05) is 35.2 Å². The molecule has 0 aliphatic carbocycles. The largest absolute Gasteiger partial charge is 0.494 e. The van der Waals surface area contributed by atoms with E-state index in [1.807, 2.05) is 27.7 Å². The highest BCUT2D eigenvalue weighted by Gasteiger charge is 2.45. The van der Waals surface area contributed by atoms with Crippen molar-refractivity contribution in [2.75, 3.05) is 18.1 Å². The first-order valence-corrected chi connectivity index (χ1v) is 12.4. The zero-order chi connectivity index (χ0) is 23.3. The number of ketones is 1. The van der Waals surface area contributed by atoms with Crippen molar-refractivity contribution in [2.45, 2.75) is 40.2 Å². The molecule has 0 unspecified atom stereocenters. The van der Waals surface area contributed by atoms with Crippen LogP contribution in [0.5, 0.6) is 5.75 Å². The van der Waals surface area contributed by atoms with E-state index in [4.69, 9.17) is 4.74 Å². The number of nitrogens with zero attached hydrogens (tertiary/aromatic N) is 3. The molecule has 3 aromatic rings. The van der Waals surface area contributed by atoms with Crippen LogP contribution in [0.15, 0.2) is 30.5 Å². The van der Waals surface area contributed by atoms with E-state index in [9.17, 15) is 17.6 Å². The van der Waals surface area contributed by atoms with E-state index >= 15 is 0 Å². The van der Waals surface area contributed by atoms with E-state index in [1.165, 1.54) is 12.3 Å². The lowest BCUT2D eigenvalue weighted by atomic mass is 9.86. The number of sulfone groups is 1. The Bertz CT molecular complexity index is 1300. The van der Waals surface area contributed by atoms with Gasteiger partial charge in [-0.1, -0.05) is 6.92 Å². The Morgan fingerprint density at radius 2 is 2.00 bits per heavy atom. The summed E-state index contributed by atoms with van der Waals surface area (Å²) in [6, 6.07) is 6.17. The zero-order valence-corrected chi connectivity index (χ0v) is 19.4. The number of benzene rings is 1.